The SMILES string of the molecule is c1ccc2c(c1)c1ccccc1n2C[NH+]1CCOCC1. The molecule has 1 aliphatic rings. The quantitative estimate of drug-likeness (QED) is 0.748. The number of aromatic nitrogens is 1. The van der Waals surface area contributed by atoms with Crippen LogP contribution in [0.5, 0.6) is 0 Å². The number of nitrogens with zero attached hydrogens (tertiary/aromatic N) is 1. The molecule has 102 valence electrons. The Morgan fingerprint density at radius 2 is 1.40 bits per heavy atom. The summed E-state index contributed by atoms with van der Waals surface area (Å²) < 4.78 is 7.93. The molecule has 0 atom stereocenters. The van der Waals surface area contributed by atoms with Gasteiger partial charge in [0, 0.05) is 10.8 Å². The lowest BCUT2D eigenvalue weighted by Gasteiger charge is -2.24. The zero-order valence-electron chi connectivity index (χ0n) is 11.5. The minimum Gasteiger partial charge on any atom is -0.370 e. The van der Waals surface area contributed by atoms with E-state index >= 15 is 0 Å². The molecule has 0 aliphatic carbocycles. The van der Waals surface area contributed by atoms with Gasteiger partial charge in [0.25, 0.3) is 0 Å². The van der Waals surface area contributed by atoms with Crippen LogP contribution in [0.15, 0.2) is 48.5 Å². The molecule has 1 saturated heterocycles. The van der Waals surface area contributed by atoms with E-state index in [1.165, 1.54) is 21.8 Å². The number of hydrogen-bond acceptors (Lipinski definition) is 1. The van der Waals surface area contributed by atoms with Crippen LogP contribution < -0.4 is 4.90 Å². The van der Waals surface area contributed by atoms with E-state index in [0.29, 0.717) is 0 Å². The van der Waals surface area contributed by atoms with Gasteiger partial charge in [0.2, 0.25) is 0 Å². The number of quaternary nitrogens is 1. The predicted octanol–water partition coefficient (Wildman–Crippen LogP) is 1.67. The molecule has 3 nitrogen and oxygen atoms in total. The van der Waals surface area contributed by atoms with Crippen LogP contribution in [0.4, 0.5) is 0 Å². The highest BCUT2D eigenvalue weighted by molar-refractivity contribution is 6.07. The number of morpholine rings is 1. The Morgan fingerprint density at radius 1 is 0.850 bits per heavy atom. The highest BCUT2D eigenvalue weighted by Crippen LogP contribution is 2.27. The Kier molecular flexibility index (Phi) is 2.94. The zero-order chi connectivity index (χ0) is 13.4. The van der Waals surface area contributed by atoms with Gasteiger partial charge in [-0.2, -0.15) is 0 Å². The molecule has 0 radical (unpaired) electrons. The van der Waals surface area contributed by atoms with Gasteiger partial charge in [-0.1, -0.05) is 36.4 Å². The molecule has 3 heteroatoms. The van der Waals surface area contributed by atoms with E-state index in [9.17, 15) is 0 Å². The minimum absolute atomic E-state index is 0.881. The Morgan fingerprint density at radius 3 is 2.00 bits per heavy atom. The van der Waals surface area contributed by atoms with Crippen LogP contribution in [0, 0.1) is 0 Å². The molecule has 0 spiro atoms. The average molecular weight is 267 g/mol. The fourth-order valence-corrected chi connectivity index (χ4v) is 3.22. The first-order chi connectivity index (χ1) is 9.93. The van der Waals surface area contributed by atoms with Crippen molar-refractivity contribution in [1.29, 1.82) is 0 Å². The molecule has 3 aromatic rings. The van der Waals surface area contributed by atoms with Crippen molar-refractivity contribution in [2.75, 3.05) is 26.3 Å². The first-order valence-corrected chi connectivity index (χ1v) is 7.31. The summed E-state index contributed by atoms with van der Waals surface area (Å²) in [6.07, 6.45) is 0. The van der Waals surface area contributed by atoms with Crippen LogP contribution in [0.3, 0.4) is 0 Å². The second-order valence-corrected chi connectivity index (χ2v) is 5.48. The van der Waals surface area contributed by atoms with Gasteiger partial charge in [-0.3, -0.25) is 4.57 Å². The molecule has 1 fully saturated rings. The van der Waals surface area contributed by atoms with E-state index in [-0.39, 0.29) is 0 Å². The van der Waals surface area contributed by atoms with Crippen molar-refractivity contribution >= 4 is 21.8 Å². The maximum Gasteiger partial charge on any atom is 0.157 e. The monoisotopic (exact) mass is 267 g/mol. The molecular formula is C17H19N2O+. The van der Waals surface area contributed by atoms with E-state index in [0.717, 1.165) is 33.0 Å². The Bertz CT molecular complexity index is 688. The van der Waals surface area contributed by atoms with E-state index < -0.39 is 0 Å². The average Bonchev–Trinajstić information content (AvgIpc) is 2.84. The van der Waals surface area contributed by atoms with Crippen molar-refractivity contribution < 1.29 is 9.64 Å². The molecule has 0 saturated carbocycles. The van der Waals surface area contributed by atoms with Gasteiger partial charge < -0.3 is 9.64 Å². The van der Waals surface area contributed by atoms with Crippen LogP contribution in [0.2, 0.25) is 0 Å². The third-order valence-corrected chi connectivity index (χ3v) is 4.26. The van der Waals surface area contributed by atoms with E-state index in [1.807, 2.05) is 0 Å². The topological polar surface area (TPSA) is 18.6 Å². The Labute approximate surface area is 118 Å². The molecule has 2 heterocycles. The Hall–Kier alpha value is -1.84. The largest absolute Gasteiger partial charge is 0.370 e. The lowest BCUT2D eigenvalue weighted by Crippen LogP contribution is -3.13. The first-order valence-electron chi connectivity index (χ1n) is 7.31. The van der Waals surface area contributed by atoms with Crippen LogP contribution in [0.25, 0.3) is 21.8 Å². The zero-order valence-corrected chi connectivity index (χ0v) is 11.5. The third kappa shape index (κ3) is 1.90. The normalized spacial score (nSPS) is 17.0. The summed E-state index contributed by atoms with van der Waals surface area (Å²) in [5, 5.41) is 2.71. The van der Waals surface area contributed by atoms with Crippen LogP contribution in [0.1, 0.15) is 0 Å². The van der Waals surface area contributed by atoms with Crippen molar-refractivity contribution in [3.63, 3.8) is 0 Å². The fourth-order valence-electron chi connectivity index (χ4n) is 3.22. The summed E-state index contributed by atoms with van der Waals surface area (Å²) in [4.78, 5) is 1.60. The first kappa shape index (κ1) is 11.9. The van der Waals surface area contributed by atoms with Gasteiger partial charge in [-0.15, -0.1) is 0 Å². The van der Waals surface area contributed by atoms with Gasteiger partial charge in [-0.05, 0) is 12.1 Å². The van der Waals surface area contributed by atoms with Crippen molar-refractivity contribution in [1.82, 2.24) is 4.57 Å². The summed E-state index contributed by atoms with van der Waals surface area (Å²) in [5.74, 6) is 0. The lowest BCUT2D eigenvalue weighted by molar-refractivity contribution is -0.929. The number of rotatable bonds is 2. The third-order valence-electron chi connectivity index (χ3n) is 4.26. The van der Waals surface area contributed by atoms with E-state index in [2.05, 4.69) is 53.1 Å². The van der Waals surface area contributed by atoms with E-state index in [4.69, 9.17) is 4.74 Å². The highest BCUT2D eigenvalue weighted by Gasteiger charge is 2.17. The molecule has 1 aromatic heterocycles. The van der Waals surface area contributed by atoms with Crippen molar-refractivity contribution in [3.8, 4) is 0 Å². The van der Waals surface area contributed by atoms with Gasteiger partial charge >= 0.3 is 0 Å². The molecule has 4 rings (SSSR count). The number of fused-ring (bicyclic) bond motifs is 3. The maximum absolute atomic E-state index is 5.46. The Balaban J connectivity index is 1.86. The standard InChI is InChI=1S/C17H18N2O/c1-3-7-16-14(5-1)15-6-2-4-8-17(15)19(16)13-18-9-11-20-12-10-18/h1-8H,9-13H2/p+1. The summed E-state index contributed by atoms with van der Waals surface area (Å²) in [5.41, 5.74) is 2.68. The number of hydrogen-bond donors (Lipinski definition) is 1. The summed E-state index contributed by atoms with van der Waals surface area (Å²) in [6, 6.07) is 17.4. The number of ether oxygens (including phenoxy) is 1. The molecule has 1 N–H and O–H groups in total. The van der Waals surface area contributed by atoms with Crippen LogP contribution in [-0.2, 0) is 11.4 Å². The maximum atomic E-state index is 5.46. The highest BCUT2D eigenvalue weighted by atomic mass is 16.5. The van der Waals surface area contributed by atoms with Crippen molar-refractivity contribution in [2.24, 2.45) is 0 Å². The van der Waals surface area contributed by atoms with Crippen molar-refractivity contribution in [2.45, 2.75) is 6.67 Å². The van der Waals surface area contributed by atoms with E-state index in [1.54, 1.807) is 4.90 Å². The molecule has 20 heavy (non-hydrogen) atoms. The van der Waals surface area contributed by atoms with Crippen LogP contribution >= 0.6 is 0 Å². The number of para-hydroxylation sites is 2. The van der Waals surface area contributed by atoms with Crippen molar-refractivity contribution in [3.05, 3.63) is 48.5 Å². The fraction of sp³-hybridized carbons (Fsp3) is 0.294. The second-order valence-electron chi connectivity index (χ2n) is 5.48. The number of nitrogens with one attached hydrogen (secondary N) is 1. The molecule has 0 unspecified atom stereocenters. The van der Waals surface area contributed by atoms with Gasteiger partial charge in [-0.25, -0.2) is 0 Å². The van der Waals surface area contributed by atoms with Gasteiger partial charge in [0.05, 0.1) is 24.2 Å². The number of benzene rings is 2. The predicted molar refractivity (Wildman–Crippen MR) is 81.0 cm³/mol. The summed E-state index contributed by atoms with van der Waals surface area (Å²) in [7, 11) is 0. The van der Waals surface area contributed by atoms with Crippen LogP contribution in [-0.4, -0.2) is 30.9 Å². The molecule has 2 aromatic carbocycles. The second kappa shape index (κ2) is 4.93. The summed E-state index contributed by atoms with van der Waals surface area (Å²) >= 11 is 0. The minimum atomic E-state index is 0.881. The molecule has 0 bridgehead atoms. The molecule has 1 aliphatic heterocycles. The summed E-state index contributed by atoms with van der Waals surface area (Å²) in [6.45, 7) is 4.98. The van der Waals surface area contributed by atoms with Gasteiger partial charge in [0.15, 0.2) is 6.67 Å². The molecule has 0 amide bonds. The molecular weight excluding hydrogens is 248 g/mol. The van der Waals surface area contributed by atoms with Gasteiger partial charge in [0.1, 0.15) is 13.1 Å². The lowest BCUT2D eigenvalue weighted by atomic mass is 10.2. The smallest absolute Gasteiger partial charge is 0.157 e.